The maximum atomic E-state index is 14.0. The molecule has 2 N–H and O–H groups in total. The fraction of sp³-hybridized carbons (Fsp3) is 0.333. The third-order valence-corrected chi connectivity index (χ3v) is 7.09. The molecule has 2 heterocycles. The van der Waals surface area contributed by atoms with Crippen LogP contribution in [0.5, 0.6) is 5.88 Å². The van der Waals surface area contributed by atoms with Gasteiger partial charge in [-0.05, 0) is 72.4 Å². The van der Waals surface area contributed by atoms with E-state index in [1.807, 2.05) is 0 Å². The van der Waals surface area contributed by atoms with Gasteiger partial charge in [0.2, 0.25) is 5.88 Å². The second kappa shape index (κ2) is 12.0. The van der Waals surface area contributed by atoms with Gasteiger partial charge in [0.1, 0.15) is 34.6 Å². The van der Waals surface area contributed by atoms with Gasteiger partial charge in [-0.25, -0.2) is 8.78 Å². The molecule has 0 spiro atoms. The number of halogens is 3. The van der Waals surface area contributed by atoms with E-state index in [1.165, 1.54) is 16.7 Å². The molecule has 2 amide bonds. The molecular formula is C27H27BrF2N4O5. The number of hydrogen-bond donors (Lipinski definition) is 2. The number of ether oxygens (including phenoxy) is 1. The molecule has 1 saturated heterocycles. The zero-order valence-electron chi connectivity index (χ0n) is 21.3. The number of aryl methyl sites for hydroxylation is 2. The number of aromatic nitrogens is 2. The van der Waals surface area contributed by atoms with Crippen molar-refractivity contribution < 1.29 is 28.2 Å². The van der Waals surface area contributed by atoms with Crippen LogP contribution in [0.3, 0.4) is 0 Å². The van der Waals surface area contributed by atoms with Gasteiger partial charge in [0, 0.05) is 30.3 Å². The Balaban J connectivity index is 1.52. The maximum Gasteiger partial charge on any atom is 0.276 e. The van der Waals surface area contributed by atoms with E-state index in [2.05, 4.69) is 26.2 Å². The van der Waals surface area contributed by atoms with Gasteiger partial charge in [-0.3, -0.25) is 19.0 Å². The Bertz CT molecular complexity index is 1470. The minimum atomic E-state index is -1.35. The summed E-state index contributed by atoms with van der Waals surface area (Å²) in [4.78, 5) is 44.3. The van der Waals surface area contributed by atoms with E-state index in [1.54, 1.807) is 30.9 Å². The lowest BCUT2D eigenvalue weighted by molar-refractivity contribution is -0.138. The first-order valence-corrected chi connectivity index (χ1v) is 13.1. The van der Waals surface area contributed by atoms with Crippen molar-refractivity contribution in [2.45, 2.75) is 39.4 Å². The average molecular weight is 605 g/mol. The summed E-state index contributed by atoms with van der Waals surface area (Å²) in [7, 11) is 0. The van der Waals surface area contributed by atoms with Crippen molar-refractivity contribution in [1.29, 1.82) is 0 Å². The van der Waals surface area contributed by atoms with Crippen LogP contribution in [-0.2, 0) is 11.4 Å². The minimum absolute atomic E-state index is 0.0200. The van der Waals surface area contributed by atoms with Crippen LogP contribution in [0, 0.1) is 25.5 Å². The lowest BCUT2D eigenvalue weighted by Crippen LogP contribution is -2.43. The number of nitrogens with zero attached hydrogens (tertiary/aromatic N) is 3. The smallest absolute Gasteiger partial charge is 0.276 e. The van der Waals surface area contributed by atoms with E-state index >= 15 is 0 Å². The molecule has 0 bridgehead atoms. The van der Waals surface area contributed by atoms with Crippen molar-refractivity contribution in [3.63, 3.8) is 0 Å². The number of benzene rings is 2. The highest BCUT2D eigenvalue weighted by atomic mass is 79.9. The maximum absolute atomic E-state index is 14.0. The van der Waals surface area contributed by atoms with E-state index in [0.717, 1.165) is 25.0 Å². The molecule has 3 aromatic rings. The fourth-order valence-electron chi connectivity index (χ4n) is 4.27. The number of carbonyl (C=O) groups excluding carboxylic acids is 2. The first-order chi connectivity index (χ1) is 18.6. The zero-order chi connectivity index (χ0) is 28.3. The van der Waals surface area contributed by atoms with E-state index in [4.69, 9.17) is 4.74 Å². The van der Waals surface area contributed by atoms with Gasteiger partial charge in [-0.15, -0.1) is 0 Å². The average Bonchev–Trinajstić information content (AvgIpc) is 3.45. The standard InChI is InChI=1S/C27H27BrF2N4O5/c1-15-5-6-17(24(36)31-13-22(35)26(37)33-9-3-4-10-33)11-21(15)34-16(2)32-25(23(28)27(34)38)39-14-18-7-8-19(29)12-20(18)30/h5-8,11-12,22,35H,3-4,9-10,13-14H2,1-2H3,(H,31,36)/t22-/m0/s1. The van der Waals surface area contributed by atoms with Gasteiger partial charge in [0.05, 0.1) is 12.2 Å². The molecule has 1 aliphatic rings. The Hall–Kier alpha value is -3.64. The molecule has 9 nitrogen and oxygen atoms in total. The van der Waals surface area contributed by atoms with Crippen LogP contribution in [0.25, 0.3) is 5.69 Å². The van der Waals surface area contributed by atoms with Crippen LogP contribution in [0.4, 0.5) is 8.78 Å². The van der Waals surface area contributed by atoms with Gasteiger partial charge in [-0.1, -0.05) is 6.07 Å². The van der Waals surface area contributed by atoms with E-state index in [9.17, 15) is 28.3 Å². The number of aliphatic hydroxyl groups is 1. The van der Waals surface area contributed by atoms with Crippen molar-refractivity contribution in [3.8, 4) is 11.6 Å². The highest BCUT2D eigenvalue weighted by Crippen LogP contribution is 2.24. The van der Waals surface area contributed by atoms with Crippen molar-refractivity contribution in [2.24, 2.45) is 0 Å². The Kier molecular flexibility index (Phi) is 8.76. The van der Waals surface area contributed by atoms with Gasteiger partial charge in [0.15, 0.2) is 0 Å². The first kappa shape index (κ1) is 28.4. The molecule has 1 aromatic heterocycles. The van der Waals surface area contributed by atoms with Crippen LogP contribution >= 0.6 is 15.9 Å². The normalized spacial score (nSPS) is 13.8. The third kappa shape index (κ3) is 6.34. The van der Waals surface area contributed by atoms with Crippen molar-refractivity contribution in [2.75, 3.05) is 19.6 Å². The molecule has 12 heteroatoms. The van der Waals surface area contributed by atoms with Crippen LogP contribution in [0.2, 0.25) is 0 Å². The molecule has 0 radical (unpaired) electrons. The highest BCUT2D eigenvalue weighted by molar-refractivity contribution is 9.10. The molecule has 0 unspecified atom stereocenters. The number of amides is 2. The summed E-state index contributed by atoms with van der Waals surface area (Å²) in [6.45, 7) is 4.00. The summed E-state index contributed by atoms with van der Waals surface area (Å²) in [5.74, 6) is -2.27. The fourth-order valence-corrected chi connectivity index (χ4v) is 4.65. The second-order valence-electron chi connectivity index (χ2n) is 9.20. The lowest BCUT2D eigenvalue weighted by atomic mass is 10.1. The van der Waals surface area contributed by atoms with Crippen LogP contribution in [0.15, 0.2) is 45.7 Å². The lowest BCUT2D eigenvalue weighted by Gasteiger charge is -2.20. The predicted molar refractivity (Wildman–Crippen MR) is 142 cm³/mol. The van der Waals surface area contributed by atoms with E-state index in [0.29, 0.717) is 24.3 Å². The molecule has 0 aliphatic carbocycles. The quantitative estimate of drug-likeness (QED) is 0.408. The molecule has 39 heavy (non-hydrogen) atoms. The molecule has 206 valence electrons. The van der Waals surface area contributed by atoms with Gasteiger partial charge in [0.25, 0.3) is 17.4 Å². The Labute approximate surface area is 231 Å². The SMILES string of the molecule is Cc1ccc(C(=O)NC[C@H](O)C(=O)N2CCCC2)cc1-n1c(C)nc(OCc2ccc(F)cc2F)c(Br)c1=O. The topological polar surface area (TPSA) is 114 Å². The van der Waals surface area contributed by atoms with Gasteiger partial charge >= 0.3 is 0 Å². The summed E-state index contributed by atoms with van der Waals surface area (Å²) in [6, 6.07) is 7.83. The number of carbonyl (C=O) groups is 2. The van der Waals surface area contributed by atoms with Crippen molar-refractivity contribution in [1.82, 2.24) is 19.8 Å². The van der Waals surface area contributed by atoms with E-state index in [-0.39, 0.29) is 40.5 Å². The molecule has 1 aliphatic heterocycles. The summed E-state index contributed by atoms with van der Waals surface area (Å²) >= 11 is 3.20. The largest absolute Gasteiger partial charge is 0.472 e. The van der Waals surface area contributed by atoms with Crippen LogP contribution in [0.1, 0.15) is 40.2 Å². The summed E-state index contributed by atoms with van der Waals surface area (Å²) in [5.41, 5.74) is 0.851. The van der Waals surface area contributed by atoms with Crippen molar-refractivity contribution in [3.05, 3.63) is 85.4 Å². The summed E-state index contributed by atoms with van der Waals surface area (Å²) in [5, 5.41) is 12.8. The molecule has 2 aromatic carbocycles. The Morgan fingerprint density at radius 2 is 1.87 bits per heavy atom. The predicted octanol–water partition coefficient (Wildman–Crippen LogP) is 3.18. The number of aliphatic hydroxyl groups excluding tert-OH is 1. The van der Waals surface area contributed by atoms with Crippen LogP contribution in [-0.4, -0.2) is 57.1 Å². The second-order valence-corrected chi connectivity index (χ2v) is 10.00. The number of nitrogens with one attached hydrogen (secondary N) is 1. The van der Waals surface area contributed by atoms with Gasteiger partial charge < -0.3 is 20.1 Å². The van der Waals surface area contributed by atoms with Crippen LogP contribution < -0.4 is 15.6 Å². The molecular weight excluding hydrogens is 578 g/mol. The summed E-state index contributed by atoms with van der Waals surface area (Å²) < 4.78 is 34.0. The monoisotopic (exact) mass is 604 g/mol. The molecule has 1 atom stereocenters. The number of hydrogen-bond acceptors (Lipinski definition) is 6. The molecule has 4 rings (SSSR count). The minimum Gasteiger partial charge on any atom is -0.472 e. The number of rotatable bonds is 8. The van der Waals surface area contributed by atoms with Crippen molar-refractivity contribution >= 4 is 27.7 Å². The number of likely N-dealkylation sites (tertiary alicyclic amines) is 1. The highest BCUT2D eigenvalue weighted by Gasteiger charge is 2.25. The Morgan fingerprint density at radius 3 is 2.56 bits per heavy atom. The van der Waals surface area contributed by atoms with E-state index < -0.39 is 35.1 Å². The first-order valence-electron chi connectivity index (χ1n) is 12.3. The molecule has 1 fully saturated rings. The third-order valence-electron chi connectivity index (χ3n) is 6.42. The zero-order valence-corrected chi connectivity index (χ0v) is 22.9. The summed E-state index contributed by atoms with van der Waals surface area (Å²) in [6.07, 6.45) is 0.430. The molecule has 0 saturated carbocycles. The Morgan fingerprint density at radius 1 is 1.15 bits per heavy atom. The van der Waals surface area contributed by atoms with Gasteiger partial charge in [-0.2, -0.15) is 4.98 Å².